The molecule has 3 aromatic rings. The van der Waals surface area contributed by atoms with Crippen LogP contribution in [0.4, 0.5) is 11.4 Å². The van der Waals surface area contributed by atoms with Crippen molar-refractivity contribution in [2.24, 2.45) is 0 Å². The van der Waals surface area contributed by atoms with Gasteiger partial charge in [0.1, 0.15) is 18.0 Å². The fourth-order valence-corrected chi connectivity index (χ4v) is 2.80. The van der Waals surface area contributed by atoms with E-state index in [1.807, 2.05) is 18.2 Å². The minimum absolute atomic E-state index is 0.0710. The SMILES string of the molecule is CCn1nc(-c2ccccc2)c(C(=O)CO)c(Nc2cccnc2C)c1=O. The summed E-state index contributed by atoms with van der Waals surface area (Å²) in [6, 6.07) is 12.6. The lowest BCUT2D eigenvalue weighted by molar-refractivity contribution is 0.0904. The first-order valence-electron chi connectivity index (χ1n) is 8.60. The first-order valence-corrected chi connectivity index (χ1v) is 8.60. The zero-order valence-electron chi connectivity index (χ0n) is 15.1. The summed E-state index contributed by atoms with van der Waals surface area (Å²) in [6.07, 6.45) is 1.65. The summed E-state index contributed by atoms with van der Waals surface area (Å²) in [6.45, 7) is 3.22. The largest absolute Gasteiger partial charge is 0.388 e. The van der Waals surface area contributed by atoms with Crippen molar-refractivity contribution in [3.8, 4) is 11.3 Å². The average Bonchev–Trinajstić information content (AvgIpc) is 2.70. The molecule has 0 saturated carbocycles. The normalized spacial score (nSPS) is 10.6. The zero-order chi connectivity index (χ0) is 19.4. The molecule has 0 radical (unpaired) electrons. The average molecular weight is 364 g/mol. The second-order valence-electron chi connectivity index (χ2n) is 5.93. The van der Waals surface area contributed by atoms with E-state index in [0.717, 1.165) is 0 Å². The number of rotatable bonds is 6. The van der Waals surface area contributed by atoms with E-state index in [-0.39, 0.29) is 11.3 Å². The van der Waals surface area contributed by atoms with Crippen molar-refractivity contribution in [3.05, 3.63) is 70.3 Å². The number of hydrogen-bond acceptors (Lipinski definition) is 6. The number of benzene rings is 1. The van der Waals surface area contributed by atoms with Gasteiger partial charge in [-0.3, -0.25) is 14.6 Å². The maximum atomic E-state index is 12.9. The van der Waals surface area contributed by atoms with Crippen molar-refractivity contribution < 1.29 is 9.90 Å². The molecule has 0 atom stereocenters. The lowest BCUT2D eigenvalue weighted by atomic mass is 10.0. The van der Waals surface area contributed by atoms with Crippen molar-refractivity contribution >= 4 is 17.2 Å². The first kappa shape index (κ1) is 18.5. The fraction of sp³-hybridized carbons (Fsp3) is 0.200. The van der Waals surface area contributed by atoms with Gasteiger partial charge in [0.25, 0.3) is 5.56 Å². The molecule has 0 fully saturated rings. The molecule has 0 aliphatic heterocycles. The third kappa shape index (κ3) is 3.63. The highest BCUT2D eigenvalue weighted by atomic mass is 16.3. The van der Waals surface area contributed by atoms with Crippen LogP contribution in [0.5, 0.6) is 0 Å². The molecular formula is C20H20N4O3. The van der Waals surface area contributed by atoms with E-state index in [4.69, 9.17) is 0 Å². The van der Waals surface area contributed by atoms with Crippen LogP contribution in [0.2, 0.25) is 0 Å². The molecule has 3 rings (SSSR count). The molecule has 0 bridgehead atoms. The Bertz CT molecular complexity index is 1030. The molecule has 2 aromatic heterocycles. The summed E-state index contributed by atoms with van der Waals surface area (Å²) >= 11 is 0. The van der Waals surface area contributed by atoms with Crippen molar-refractivity contribution in [1.29, 1.82) is 0 Å². The van der Waals surface area contributed by atoms with Gasteiger partial charge in [0.15, 0.2) is 5.78 Å². The fourth-order valence-electron chi connectivity index (χ4n) is 2.80. The molecule has 2 N–H and O–H groups in total. The number of aliphatic hydroxyl groups excluding tert-OH is 1. The van der Waals surface area contributed by atoms with Gasteiger partial charge in [0.2, 0.25) is 0 Å². The summed E-state index contributed by atoms with van der Waals surface area (Å²) in [4.78, 5) is 29.7. The molecule has 7 nitrogen and oxygen atoms in total. The molecular weight excluding hydrogens is 344 g/mol. The number of aliphatic hydroxyl groups is 1. The van der Waals surface area contributed by atoms with Gasteiger partial charge in [-0.25, -0.2) is 4.68 Å². The monoisotopic (exact) mass is 364 g/mol. The topological polar surface area (TPSA) is 97.1 Å². The maximum Gasteiger partial charge on any atom is 0.291 e. The Labute approximate surface area is 156 Å². The maximum absolute atomic E-state index is 12.9. The number of ketones is 1. The van der Waals surface area contributed by atoms with E-state index in [9.17, 15) is 14.7 Å². The first-order chi connectivity index (χ1) is 13.1. The highest BCUT2D eigenvalue weighted by Gasteiger charge is 2.24. The second-order valence-corrected chi connectivity index (χ2v) is 5.93. The molecule has 27 heavy (non-hydrogen) atoms. The molecule has 0 aliphatic rings. The molecule has 1 aromatic carbocycles. The summed E-state index contributed by atoms with van der Waals surface area (Å²) in [5.74, 6) is -0.578. The van der Waals surface area contributed by atoms with Crippen molar-refractivity contribution in [1.82, 2.24) is 14.8 Å². The predicted molar refractivity (Wildman–Crippen MR) is 103 cm³/mol. The van der Waals surface area contributed by atoms with Gasteiger partial charge in [-0.15, -0.1) is 0 Å². The van der Waals surface area contributed by atoms with Gasteiger partial charge < -0.3 is 10.4 Å². The number of pyridine rings is 1. The smallest absolute Gasteiger partial charge is 0.291 e. The van der Waals surface area contributed by atoms with Crippen LogP contribution < -0.4 is 10.9 Å². The van der Waals surface area contributed by atoms with E-state index in [2.05, 4.69) is 15.4 Å². The van der Waals surface area contributed by atoms with Gasteiger partial charge in [-0.05, 0) is 26.0 Å². The number of nitrogens with one attached hydrogen (secondary N) is 1. The van der Waals surface area contributed by atoms with Crippen molar-refractivity contribution in [3.63, 3.8) is 0 Å². The Morgan fingerprint density at radius 2 is 1.93 bits per heavy atom. The van der Waals surface area contributed by atoms with E-state index in [1.54, 1.807) is 44.3 Å². The third-order valence-electron chi connectivity index (χ3n) is 4.19. The van der Waals surface area contributed by atoms with E-state index in [0.29, 0.717) is 29.2 Å². The zero-order valence-corrected chi connectivity index (χ0v) is 15.1. The number of carbonyl (C=O) groups is 1. The third-order valence-corrected chi connectivity index (χ3v) is 4.19. The quantitative estimate of drug-likeness (QED) is 0.653. The number of aryl methyl sites for hydroxylation is 2. The summed E-state index contributed by atoms with van der Waals surface area (Å²) in [5, 5.41) is 16.9. The van der Waals surface area contributed by atoms with Gasteiger partial charge in [-0.1, -0.05) is 30.3 Å². The number of carbonyl (C=O) groups excluding carboxylic acids is 1. The van der Waals surface area contributed by atoms with Crippen LogP contribution in [0.25, 0.3) is 11.3 Å². The Morgan fingerprint density at radius 1 is 1.19 bits per heavy atom. The standard InChI is InChI=1S/C20H20N4O3/c1-3-24-20(27)19(22-15-10-7-11-21-13(15)2)17(16(26)12-25)18(23-24)14-8-5-4-6-9-14/h4-11,22,25H,3,12H2,1-2H3. The van der Waals surface area contributed by atoms with Gasteiger partial charge >= 0.3 is 0 Å². The molecule has 0 unspecified atom stereocenters. The Hall–Kier alpha value is -3.32. The Morgan fingerprint density at radius 3 is 2.56 bits per heavy atom. The minimum atomic E-state index is -0.724. The van der Waals surface area contributed by atoms with E-state index < -0.39 is 17.9 Å². The van der Waals surface area contributed by atoms with E-state index >= 15 is 0 Å². The molecule has 0 spiro atoms. The molecule has 7 heteroatoms. The van der Waals surface area contributed by atoms with Crippen LogP contribution in [0, 0.1) is 6.92 Å². The van der Waals surface area contributed by atoms with Crippen LogP contribution in [-0.2, 0) is 6.54 Å². The summed E-state index contributed by atoms with van der Waals surface area (Å²) < 4.78 is 1.30. The highest BCUT2D eigenvalue weighted by molar-refractivity contribution is 6.07. The molecule has 138 valence electrons. The number of aromatic nitrogens is 3. The van der Waals surface area contributed by atoms with E-state index in [1.165, 1.54) is 4.68 Å². The van der Waals surface area contributed by atoms with Crippen LogP contribution >= 0.6 is 0 Å². The molecule has 0 amide bonds. The van der Waals surface area contributed by atoms with Crippen molar-refractivity contribution in [2.45, 2.75) is 20.4 Å². The van der Waals surface area contributed by atoms with Crippen LogP contribution in [0.15, 0.2) is 53.5 Å². The second kappa shape index (κ2) is 7.92. The number of anilines is 2. The van der Waals surface area contributed by atoms with Gasteiger partial charge in [0, 0.05) is 18.3 Å². The van der Waals surface area contributed by atoms with Gasteiger partial charge in [-0.2, -0.15) is 5.10 Å². The summed E-state index contributed by atoms with van der Waals surface area (Å²) in [7, 11) is 0. The minimum Gasteiger partial charge on any atom is -0.388 e. The predicted octanol–water partition coefficient (Wildman–Crippen LogP) is 2.55. The summed E-state index contributed by atoms with van der Waals surface area (Å²) in [5.41, 5.74) is 2.04. The van der Waals surface area contributed by atoms with Crippen molar-refractivity contribution in [2.75, 3.05) is 11.9 Å². The van der Waals surface area contributed by atoms with Gasteiger partial charge in [0.05, 0.1) is 16.9 Å². The van der Waals surface area contributed by atoms with Crippen LogP contribution in [0.1, 0.15) is 23.0 Å². The molecule has 0 aliphatic carbocycles. The Kier molecular flexibility index (Phi) is 5.42. The lowest BCUT2D eigenvalue weighted by Crippen LogP contribution is -2.29. The molecule has 2 heterocycles. The highest BCUT2D eigenvalue weighted by Crippen LogP contribution is 2.28. The number of Topliss-reactive ketones (excluding diaryl/α,β-unsaturated/α-hetero) is 1. The Balaban J connectivity index is 2.31. The van der Waals surface area contributed by atoms with Crippen LogP contribution in [-0.4, -0.2) is 32.3 Å². The van der Waals surface area contributed by atoms with Crippen LogP contribution in [0.3, 0.4) is 0 Å². The number of hydrogen-bond donors (Lipinski definition) is 2. The lowest BCUT2D eigenvalue weighted by Gasteiger charge is -2.17. The molecule has 0 saturated heterocycles. The number of nitrogens with zero attached hydrogens (tertiary/aromatic N) is 3.